The predicted molar refractivity (Wildman–Crippen MR) is 72.1 cm³/mol. The Morgan fingerprint density at radius 1 is 1.44 bits per heavy atom. The lowest BCUT2D eigenvalue weighted by atomic mass is 10.2. The molecule has 0 saturated heterocycles. The third-order valence-corrected chi connectivity index (χ3v) is 2.50. The van der Waals surface area contributed by atoms with E-state index in [1.807, 2.05) is 6.07 Å². The Morgan fingerprint density at radius 2 is 2.28 bits per heavy atom. The Hall–Kier alpha value is -1.33. The summed E-state index contributed by atoms with van der Waals surface area (Å²) in [5.74, 6) is 1.14. The minimum Gasteiger partial charge on any atom is -0.379 e. The molecule has 98 valence electrons. The minimum absolute atomic E-state index is 0.556. The van der Waals surface area contributed by atoms with Crippen LogP contribution in [0.15, 0.2) is 18.3 Å². The molecule has 0 spiro atoms. The molecular weight excluding hydrogens is 252 g/mol. The van der Waals surface area contributed by atoms with Crippen LogP contribution in [0.2, 0.25) is 5.02 Å². The zero-order valence-electron chi connectivity index (χ0n) is 10.6. The van der Waals surface area contributed by atoms with E-state index in [0.717, 1.165) is 12.3 Å². The third kappa shape index (κ3) is 3.58. The first kappa shape index (κ1) is 13.1. The number of hydrogen-bond donors (Lipinski definition) is 1. The summed E-state index contributed by atoms with van der Waals surface area (Å²) < 4.78 is 7.12. The standard InChI is InChI=1S/C12H17ClN4O/c1-9(2)8-18-6-5-14-12-15-11-4-3-10(13)7-17(11)16-12/h3-4,7,9H,5-6,8H2,1-2H3,(H,14,16). The van der Waals surface area contributed by atoms with Crippen LogP contribution in [0.1, 0.15) is 13.8 Å². The van der Waals surface area contributed by atoms with Crippen molar-refractivity contribution in [3.8, 4) is 0 Å². The van der Waals surface area contributed by atoms with Crippen LogP contribution in [-0.2, 0) is 4.74 Å². The molecule has 0 unspecified atom stereocenters. The van der Waals surface area contributed by atoms with Crippen molar-refractivity contribution in [1.29, 1.82) is 0 Å². The van der Waals surface area contributed by atoms with Crippen LogP contribution in [0.25, 0.3) is 5.65 Å². The van der Waals surface area contributed by atoms with Crippen LogP contribution < -0.4 is 5.32 Å². The number of hydrogen-bond acceptors (Lipinski definition) is 4. The number of aromatic nitrogens is 3. The highest BCUT2D eigenvalue weighted by molar-refractivity contribution is 6.30. The van der Waals surface area contributed by atoms with Gasteiger partial charge in [0.1, 0.15) is 0 Å². The number of nitrogens with zero attached hydrogens (tertiary/aromatic N) is 3. The van der Waals surface area contributed by atoms with E-state index in [2.05, 4.69) is 29.2 Å². The maximum atomic E-state index is 5.87. The van der Waals surface area contributed by atoms with E-state index in [1.54, 1.807) is 16.8 Å². The van der Waals surface area contributed by atoms with Gasteiger partial charge in [-0.25, -0.2) is 4.52 Å². The molecule has 0 aliphatic rings. The van der Waals surface area contributed by atoms with E-state index in [-0.39, 0.29) is 0 Å². The second kappa shape index (κ2) is 6.02. The average molecular weight is 269 g/mol. The van der Waals surface area contributed by atoms with E-state index < -0.39 is 0 Å². The number of anilines is 1. The van der Waals surface area contributed by atoms with Gasteiger partial charge < -0.3 is 10.1 Å². The predicted octanol–water partition coefficient (Wildman–Crippen LogP) is 2.47. The molecule has 0 amide bonds. The summed E-state index contributed by atoms with van der Waals surface area (Å²) in [6.07, 6.45) is 1.73. The lowest BCUT2D eigenvalue weighted by molar-refractivity contribution is 0.118. The molecule has 0 radical (unpaired) electrons. The zero-order chi connectivity index (χ0) is 13.0. The lowest BCUT2D eigenvalue weighted by Gasteiger charge is -2.06. The Morgan fingerprint density at radius 3 is 3.06 bits per heavy atom. The van der Waals surface area contributed by atoms with Gasteiger partial charge in [-0.05, 0) is 18.1 Å². The summed E-state index contributed by atoms with van der Waals surface area (Å²) in [5.41, 5.74) is 0.769. The van der Waals surface area contributed by atoms with E-state index >= 15 is 0 Å². The molecule has 18 heavy (non-hydrogen) atoms. The monoisotopic (exact) mass is 268 g/mol. The highest BCUT2D eigenvalue weighted by Crippen LogP contribution is 2.11. The molecule has 0 aromatic carbocycles. The van der Waals surface area contributed by atoms with Gasteiger partial charge in [-0.2, -0.15) is 4.98 Å². The summed E-state index contributed by atoms with van der Waals surface area (Å²) in [6.45, 7) is 6.36. The topological polar surface area (TPSA) is 51.5 Å². The van der Waals surface area contributed by atoms with Crippen molar-refractivity contribution in [2.45, 2.75) is 13.8 Å². The van der Waals surface area contributed by atoms with Gasteiger partial charge in [-0.15, -0.1) is 5.10 Å². The summed E-state index contributed by atoms with van der Waals surface area (Å²) in [5, 5.41) is 8.02. The van der Waals surface area contributed by atoms with E-state index in [4.69, 9.17) is 16.3 Å². The quantitative estimate of drug-likeness (QED) is 0.818. The number of fused-ring (bicyclic) bond motifs is 1. The fourth-order valence-corrected chi connectivity index (χ4v) is 1.64. The minimum atomic E-state index is 0.556. The van der Waals surface area contributed by atoms with Gasteiger partial charge >= 0.3 is 0 Å². The highest BCUT2D eigenvalue weighted by atomic mass is 35.5. The fraction of sp³-hybridized carbons (Fsp3) is 0.500. The first-order chi connectivity index (χ1) is 8.65. The normalized spacial score (nSPS) is 11.3. The van der Waals surface area contributed by atoms with E-state index in [1.165, 1.54) is 0 Å². The van der Waals surface area contributed by atoms with Crippen LogP contribution in [0.4, 0.5) is 5.95 Å². The van der Waals surface area contributed by atoms with Gasteiger partial charge in [0.2, 0.25) is 5.95 Å². The van der Waals surface area contributed by atoms with Crippen molar-refractivity contribution in [3.63, 3.8) is 0 Å². The molecule has 0 atom stereocenters. The summed E-state index contributed by atoms with van der Waals surface area (Å²) in [4.78, 5) is 4.31. The van der Waals surface area contributed by atoms with Gasteiger partial charge in [0.15, 0.2) is 5.65 Å². The maximum Gasteiger partial charge on any atom is 0.243 e. The molecule has 6 heteroatoms. The van der Waals surface area contributed by atoms with Gasteiger partial charge in [0.05, 0.1) is 11.6 Å². The molecule has 1 N–H and O–H groups in total. The molecular formula is C12H17ClN4O. The van der Waals surface area contributed by atoms with Crippen molar-refractivity contribution in [3.05, 3.63) is 23.4 Å². The molecule has 2 aromatic heterocycles. The van der Waals surface area contributed by atoms with Crippen molar-refractivity contribution in [1.82, 2.24) is 14.6 Å². The second-order valence-electron chi connectivity index (χ2n) is 4.48. The van der Waals surface area contributed by atoms with Gasteiger partial charge in [0, 0.05) is 19.3 Å². The van der Waals surface area contributed by atoms with Crippen LogP contribution in [0.5, 0.6) is 0 Å². The second-order valence-corrected chi connectivity index (χ2v) is 4.92. The molecule has 2 aromatic rings. The number of nitrogens with one attached hydrogen (secondary N) is 1. The Balaban J connectivity index is 1.84. The number of halogens is 1. The number of ether oxygens (including phenoxy) is 1. The Bertz CT molecular complexity index is 512. The first-order valence-corrected chi connectivity index (χ1v) is 6.36. The van der Waals surface area contributed by atoms with E-state index in [9.17, 15) is 0 Å². The van der Waals surface area contributed by atoms with Crippen LogP contribution in [0.3, 0.4) is 0 Å². The van der Waals surface area contributed by atoms with Crippen molar-refractivity contribution < 1.29 is 4.74 Å². The van der Waals surface area contributed by atoms with Crippen LogP contribution >= 0.6 is 11.6 Å². The SMILES string of the molecule is CC(C)COCCNc1nc2ccc(Cl)cn2n1. The molecule has 0 aliphatic heterocycles. The summed E-state index contributed by atoms with van der Waals surface area (Å²) in [7, 11) is 0. The average Bonchev–Trinajstić information content (AvgIpc) is 2.70. The van der Waals surface area contributed by atoms with Gasteiger partial charge in [-0.1, -0.05) is 25.4 Å². The molecule has 2 heterocycles. The molecule has 5 nitrogen and oxygen atoms in total. The van der Waals surface area contributed by atoms with Crippen molar-refractivity contribution in [2.75, 3.05) is 25.1 Å². The molecule has 0 aliphatic carbocycles. The third-order valence-electron chi connectivity index (χ3n) is 2.28. The smallest absolute Gasteiger partial charge is 0.243 e. The molecule has 0 fully saturated rings. The molecule has 2 rings (SSSR count). The fourth-order valence-electron chi connectivity index (χ4n) is 1.49. The highest BCUT2D eigenvalue weighted by Gasteiger charge is 2.02. The maximum absolute atomic E-state index is 5.87. The van der Waals surface area contributed by atoms with Crippen molar-refractivity contribution in [2.24, 2.45) is 5.92 Å². The number of pyridine rings is 1. The van der Waals surface area contributed by atoms with E-state index in [0.29, 0.717) is 30.0 Å². The van der Waals surface area contributed by atoms with Gasteiger partial charge in [-0.3, -0.25) is 0 Å². The molecule has 0 saturated carbocycles. The Kier molecular flexibility index (Phi) is 4.38. The first-order valence-electron chi connectivity index (χ1n) is 5.98. The lowest BCUT2D eigenvalue weighted by Crippen LogP contribution is -2.12. The van der Waals surface area contributed by atoms with Gasteiger partial charge in [0.25, 0.3) is 0 Å². The zero-order valence-corrected chi connectivity index (χ0v) is 11.3. The molecule has 0 bridgehead atoms. The number of rotatable bonds is 6. The van der Waals surface area contributed by atoms with Crippen LogP contribution in [-0.4, -0.2) is 34.4 Å². The summed E-state index contributed by atoms with van der Waals surface area (Å²) >= 11 is 5.87. The Labute approximate surface area is 111 Å². The largest absolute Gasteiger partial charge is 0.379 e. The summed E-state index contributed by atoms with van der Waals surface area (Å²) in [6, 6.07) is 3.62. The van der Waals surface area contributed by atoms with Crippen molar-refractivity contribution >= 4 is 23.2 Å². The van der Waals surface area contributed by atoms with Crippen LogP contribution in [0, 0.1) is 5.92 Å².